The summed E-state index contributed by atoms with van der Waals surface area (Å²) in [4.78, 5) is 21.2. The maximum Gasteiger partial charge on any atom is 0.501 e. The molecule has 0 saturated carbocycles. The van der Waals surface area contributed by atoms with Crippen LogP contribution in [0.2, 0.25) is 0 Å². The van der Waals surface area contributed by atoms with Gasteiger partial charge in [0, 0.05) is 0 Å². The summed E-state index contributed by atoms with van der Waals surface area (Å²) in [5.74, 6) is -1.71. The summed E-state index contributed by atoms with van der Waals surface area (Å²) in [5.41, 5.74) is -5.39. The summed E-state index contributed by atoms with van der Waals surface area (Å²) in [7, 11) is -5.48. The topological polar surface area (TPSA) is 125 Å². The van der Waals surface area contributed by atoms with Gasteiger partial charge in [-0.1, -0.05) is 23.9 Å². The zero-order chi connectivity index (χ0) is 19.5. The van der Waals surface area contributed by atoms with E-state index in [2.05, 4.69) is 15.5 Å². The summed E-state index contributed by atoms with van der Waals surface area (Å²) in [6, 6.07) is 4.00. The summed E-state index contributed by atoms with van der Waals surface area (Å²) >= 11 is 0.843. The molecule has 1 heterocycles. The first kappa shape index (κ1) is 19.9. The minimum atomic E-state index is -5.48. The molecule has 1 aliphatic heterocycles. The van der Waals surface area contributed by atoms with Gasteiger partial charge in [0.25, 0.3) is 9.84 Å². The number of amides is 1. The highest BCUT2D eigenvalue weighted by Gasteiger charge is 2.46. The molecule has 0 radical (unpaired) electrons. The van der Waals surface area contributed by atoms with Gasteiger partial charge in [0.05, 0.1) is 17.5 Å². The molecule has 2 rings (SSSR count). The monoisotopic (exact) mass is 409 g/mol. The van der Waals surface area contributed by atoms with E-state index in [0.717, 1.165) is 36.2 Å². The number of amidine groups is 1. The number of aliphatic carboxylic acids is 1. The van der Waals surface area contributed by atoms with Crippen molar-refractivity contribution in [3.8, 4) is 0 Å². The number of thioether (sulfide) groups is 1. The van der Waals surface area contributed by atoms with Crippen molar-refractivity contribution in [1.82, 2.24) is 5.32 Å². The van der Waals surface area contributed by atoms with E-state index in [1.165, 1.54) is 6.07 Å². The van der Waals surface area contributed by atoms with E-state index in [1.807, 2.05) is 0 Å². The van der Waals surface area contributed by atoms with E-state index in [0.29, 0.717) is 0 Å². The first-order valence-electron chi connectivity index (χ1n) is 6.72. The molecule has 26 heavy (non-hydrogen) atoms. The third-order valence-electron chi connectivity index (χ3n) is 2.96. The summed E-state index contributed by atoms with van der Waals surface area (Å²) in [6.45, 7) is 0. The Kier molecular flexibility index (Phi) is 5.71. The molecule has 1 unspecified atom stereocenters. The van der Waals surface area contributed by atoms with Gasteiger partial charge in [-0.25, -0.2) is 8.42 Å². The van der Waals surface area contributed by atoms with Gasteiger partial charge < -0.3 is 10.4 Å². The van der Waals surface area contributed by atoms with Crippen LogP contribution in [0.4, 0.5) is 13.2 Å². The van der Waals surface area contributed by atoms with Crippen LogP contribution in [0.15, 0.2) is 39.4 Å². The third kappa shape index (κ3) is 4.60. The smallest absolute Gasteiger partial charge is 0.481 e. The Morgan fingerprint density at radius 1 is 1.38 bits per heavy atom. The van der Waals surface area contributed by atoms with Crippen LogP contribution in [-0.2, 0) is 19.4 Å². The highest BCUT2D eigenvalue weighted by molar-refractivity contribution is 8.15. The van der Waals surface area contributed by atoms with Gasteiger partial charge in [0.15, 0.2) is 5.17 Å². The number of carbonyl (C=O) groups is 2. The number of sulfone groups is 1. The van der Waals surface area contributed by atoms with Crippen LogP contribution in [0.5, 0.6) is 0 Å². The Morgan fingerprint density at radius 2 is 2.08 bits per heavy atom. The predicted octanol–water partition coefficient (Wildman–Crippen LogP) is 1.38. The van der Waals surface area contributed by atoms with Gasteiger partial charge in [-0.05, 0) is 17.7 Å². The van der Waals surface area contributed by atoms with Crippen LogP contribution < -0.4 is 5.32 Å². The largest absolute Gasteiger partial charge is 0.501 e. The molecule has 1 atom stereocenters. The predicted molar refractivity (Wildman–Crippen MR) is 86.5 cm³/mol. The Bertz CT molecular complexity index is 897. The standard InChI is InChI=1S/C13H10F3N3O5S2/c14-13(15,16)26(23,24)8-3-1-2-7(4-8)6-17-19-12-18-11(22)9(25-12)5-10(20)21/h1-4,6,9H,5H2,(H,20,21)(H,18,19,22). The van der Waals surface area contributed by atoms with Crippen molar-refractivity contribution < 1.29 is 36.3 Å². The molecule has 0 spiro atoms. The van der Waals surface area contributed by atoms with E-state index in [9.17, 15) is 31.2 Å². The molecule has 140 valence electrons. The lowest BCUT2D eigenvalue weighted by Gasteiger charge is -2.08. The van der Waals surface area contributed by atoms with Crippen LogP contribution in [0, 0.1) is 0 Å². The molecule has 1 fully saturated rings. The van der Waals surface area contributed by atoms with Crippen molar-refractivity contribution in [2.75, 3.05) is 0 Å². The number of nitrogens with zero attached hydrogens (tertiary/aromatic N) is 2. The first-order valence-corrected chi connectivity index (χ1v) is 9.09. The van der Waals surface area contributed by atoms with Crippen molar-refractivity contribution in [3.63, 3.8) is 0 Å². The molecule has 1 aromatic rings. The maximum atomic E-state index is 12.5. The highest BCUT2D eigenvalue weighted by atomic mass is 32.2. The molecular formula is C13H10F3N3O5S2. The van der Waals surface area contributed by atoms with Gasteiger partial charge in [0.2, 0.25) is 5.91 Å². The van der Waals surface area contributed by atoms with E-state index in [-0.39, 0.29) is 10.7 Å². The highest BCUT2D eigenvalue weighted by Crippen LogP contribution is 2.30. The number of alkyl halides is 3. The van der Waals surface area contributed by atoms with E-state index in [1.54, 1.807) is 0 Å². The average molecular weight is 409 g/mol. The minimum absolute atomic E-state index is 0.0246. The number of nitrogens with one attached hydrogen (secondary N) is 1. The molecule has 0 aromatic heterocycles. The van der Waals surface area contributed by atoms with Crippen LogP contribution >= 0.6 is 11.8 Å². The summed E-state index contributed by atoms with van der Waals surface area (Å²) < 4.78 is 60.3. The molecule has 2 N–H and O–H groups in total. The molecular weight excluding hydrogens is 399 g/mol. The molecule has 13 heteroatoms. The van der Waals surface area contributed by atoms with Gasteiger partial charge >= 0.3 is 11.5 Å². The van der Waals surface area contributed by atoms with Crippen LogP contribution in [0.3, 0.4) is 0 Å². The second-order valence-electron chi connectivity index (χ2n) is 4.86. The molecule has 1 saturated heterocycles. The van der Waals surface area contributed by atoms with E-state index < -0.39 is 43.8 Å². The van der Waals surface area contributed by atoms with Gasteiger partial charge in [-0.15, -0.1) is 5.10 Å². The van der Waals surface area contributed by atoms with Crippen LogP contribution in [0.25, 0.3) is 0 Å². The van der Waals surface area contributed by atoms with Crippen molar-refractivity contribution in [3.05, 3.63) is 29.8 Å². The van der Waals surface area contributed by atoms with Crippen molar-refractivity contribution in [2.45, 2.75) is 22.1 Å². The fourth-order valence-electron chi connectivity index (χ4n) is 1.79. The number of hydrogen-bond donors (Lipinski definition) is 2. The fraction of sp³-hybridized carbons (Fsp3) is 0.231. The van der Waals surface area contributed by atoms with Crippen molar-refractivity contribution >= 4 is 44.9 Å². The number of carboxylic acid groups (broad SMARTS) is 1. The molecule has 0 bridgehead atoms. The number of carbonyl (C=O) groups excluding carboxylic acids is 1. The Morgan fingerprint density at radius 3 is 2.69 bits per heavy atom. The lowest BCUT2D eigenvalue weighted by Crippen LogP contribution is -2.26. The number of benzene rings is 1. The van der Waals surface area contributed by atoms with E-state index in [4.69, 9.17) is 5.11 Å². The van der Waals surface area contributed by atoms with Crippen LogP contribution in [-0.4, -0.2) is 47.5 Å². The Hall–Kier alpha value is -2.41. The fourth-order valence-corrected chi connectivity index (χ4v) is 3.52. The normalized spacial score (nSPS) is 19.9. The van der Waals surface area contributed by atoms with Gasteiger partial charge in [-0.3, -0.25) is 9.59 Å². The van der Waals surface area contributed by atoms with Gasteiger partial charge in [0.1, 0.15) is 5.25 Å². The van der Waals surface area contributed by atoms with E-state index >= 15 is 0 Å². The van der Waals surface area contributed by atoms with Crippen LogP contribution in [0.1, 0.15) is 12.0 Å². The SMILES string of the molecule is O=C(O)CC1SC(=NN=Cc2cccc(S(=O)(=O)C(F)(F)F)c2)NC1=O. The number of carboxylic acids is 1. The zero-order valence-electron chi connectivity index (χ0n) is 12.6. The molecule has 1 amide bonds. The number of halogens is 3. The number of rotatable bonds is 5. The Balaban J connectivity index is 2.14. The second-order valence-corrected chi connectivity index (χ2v) is 8.00. The quantitative estimate of drug-likeness (QED) is 0.559. The molecule has 0 aliphatic carbocycles. The number of hydrogen-bond acceptors (Lipinski definition) is 7. The first-order chi connectivity index (χ1) is 12.0. The lowest BCUT2D eigenvalue weighted by molar-refractivity contribution is -0.138. The second kappa shape index (κ2) is 7.45. The summed E-state index contributed by atoms with van der Waals surface area (Å²) in [6.07, 6.45) is 0.593. The lowest BCUT2D eigenvalue weighted by atomic mass is 10.2. The summed E-state index contributed by atoms with van der Waals surface area (Å²) in [5, 5.41) is 17.3. The molecule has 8 nitrogen and oxygen atoms in total. The third-order valence-corrected chi connectivity index (χ3v) is 5.52. The molecule has 1 aromatic carbocycles. The zero-order valence-corrected chi connectivity index (χ0v) is 14.2. The van der Waals surface area contributed by atoms with Crippen molar-refractivity contribution in [2.24, 2.45) is 10.2 Å². The average Bonchev–Trinajstić information content (AvgIpc) is 2.85. The maximum absolute atomic E-state index is 12.5. The van der Waals surface area contributed by atoms with Gasteiger partial charge in [-0.2, -0.15) is 18.3 Å². The minimum Gasteiger partial charge on any atom is -0.481 e. The van der Waals surface area contributed by atoms with Crippen molar-refractivity contribution in [1.29, 1.82) is 0 Å². The Labute approximate surface area is 149 Å². The molecule has 1 aliphatic rings.